The Morgan fingerprint density at radius 2 is 2.47 bits per heavy atom. The fraction of sp³-hybridized carbons (Fsp3) is 0.750. The van der Waals surface area contributed by atoms with Crippen molar-refractivity contribution in [2.24, 2.45) is 0 Å². The quantitative estimate of drug-likeness (QED) is 0.563. The molecule has 1 rings (SSSR count). The van der Waals surface area contributed by atoms with Crippen molar-refractivity contribution >= 4 is 11.8 Å². The Labute approximate surface area is 92.1 Å². The number of hydrogen-bond acceptors (Lipinski definition) is 5. The third-order valence-corrected chi connectivity index (χ3v) is 3.01. The van der Waals surface area contributed by atoms with Crippen molar-refractivity contribution in [2.75, 3.05) is 19.3 Å². The third kappa shape index (κ3) is 3.37. The molecule has 1 heterocycles. The van der Waals surface area contributed by atoms with Gasteiger partial charge in [0.1, 0.15) is 0 Å². The molecule has 1 aromatic heterocycles. The van der Waals surface area contributed by atoms with E-state index in [2.05, 4.69) is 15.5 Å². The van der Waals surface area contributed by atoms with E-state index in [9.17, 15) is 9.90 Å². The first-order valence-electron chi connectivity index (χ1n) is 4.79. The van der Waals surface area contributed by atoms with Crippen molar-refractivity contribution in [3.05, 3.63) is 10.5 Å². The van der Waals surface area contributed by atoms with Crippen LogP contribution in [0.2, 0.25) is 0 Å². The molecule has 1 atom stereocenters. The monoisotopic (exact) mass is 232 g/mol. The van der Waals surface area contributed by atoms with Gasteiger partial charge >= 0.3 is 5.69 Å². The Kier molecular flexibility index (Phi) is 4.86. The number of aliphatic hydroxyl groups is 1. The van der Waals surface area contributed by atoms with Gasteiger partial charge in [-0.25, -0.2) is 9.89 Å². The van der Waals surface area contributed by atoms with Gasteiger partial charge in [-0.2, -0.15) is 0 Å². The van der Waals surface area contributed by atoms with Crippen LogP contribution in [0.1, 0.15) is 6.92 Å². The first kappa shape index (κ1) is 12.3. The standard InChI is InChI=1S/C8H16N4O2S/c1-3-12-7(14)10-11-8(12)15-5-6(13)4-9-2/h6,9,13H,3-5H2,1-2H3,(H,10,14). The Hall–Kier alpha value is -0.790. The maximum atomic E-state index is 11.2. The summed E-state index contributed by atoms with van der Waals surface area (Å²) in [5, 5.41) is 19.2. The molecule has 0 aromatic carbocycles. The molecule has 0 aliphatic rings. The van der Waals surface area contributed by atoms with Crippen molar-refractivity contribution in [1.29, 1.82) is 0 Å². The normalized spacial score (nSPS) is 13.0. The van der Waals surface area contributed by atoms with Crippen molar-refractivity contribution in [1.82, 2.24) is 20.1 Å². The van der Waals surface area contributed by atoms with Crippen LogP contribution < -0.4 is 11.0 Å². The summed E-state index contributed by atoms with van der Waals surface area (Å²) < 4.78 is 1.54. The lowest BCUT2D eigenvalue weighted by Gasteiger charge is -2.08. The molecule has 15 heavy (non-hydrogen) atoms. The maximum Gasteiger partial charge on any atom is 0.343 e. The summed E-state index contributed by atoms with van der Waals surface area (Å²) in [6.07, 6.45) is -0.433. The summed E-state index contributed by atoms with van der Waals surface area (Å²) in [7, 11) is 1.78. The summed E-state index contributed by atoms with van der Waals surface area (Å²) in [5.74, 6) is 0.519. The first-order chi connectivity index (χ1) is 7.19. The molecule has 1 unspecified atom stereocenters. The summed E-state index contributed by atoms with van der Waals surface area (Å²) in [5.41, 5.74) is -0.205. The summed E-state index contributed by atoms with van der Waals surface area (Å²) in [6, 6.07) is 0. The molecule has 86 valence electrons. The summed E-state index contributed by atoms with van der Waals surface area (Å²) in [4.78, 5) is 11.2. The van der Waals surface area contributed by atoms with Gasteiger partial charge in [-0.1, -0.05) is 11.8 Å². The minimum absolute atomic E-state index is 0.205. The van der Waals surface area contributed by atoms with Crippen LogP contribution in [0.25, 0.3) is 0 Å². The zero-order valence-electron chi connectivity index (χ0n) is 8.86. The van der Waals surface area contributed by atoms with Crippen molar-refractivity contribution < 1.29 is 5.11 Å². The highest BCUT2D eigenvalue weighted by molar-refractivity contribution is 7.99. The highest BCUT2D eigenvalue weighted by atomic mass is 32.2. The second-order valence-corrected chi connectivity index (χ2v) is 4.07. The molecule has 0 aliphatic heterocycles. The molecule has 0 aliphatic carbocycles. The number of nitrogens with one attached hydrogen (secondary N) is 2. The molecule has 1 aromatic rings. The molecule has 0 amide bonds. The lowest BCUT2D eigenvalue weighted by atomic mass is 10.4. The van der Waals surface area contributed by atoms with E-state index in [1.165, 1.54) is 16.3 Å². The predicted molar refractivity (Wildman–Crippen MR) is 59.2 cm³/mol. The number of aliphatic hydroxyl groups excluding tert-OH is 1. The fourth-order valence-corrected chi connectivity index (χ4v) is 2.09. The van der Waals surface area contributed by atoms with Gasteiger partial charge in [0.25, 0.3) is 0 Å². The topological polar surface area (TPSA) is 82.9 Å². The van der Waals surface area contributed by atoms with E-state index in [1.807, 2.05) is 6.92 Å². The molecule has 0 fully saturated rings. The number of likely N-dealkylation sites (N-methyl/N-ethyl adjacent to an activating group) is 1. The van der Waals surface area contributed by atoms with Crippen LogP contribution in [0, 0.1) is 0 Å². The van der Waals surface area contributed by atoms with Gasteiger partial charge in [-0.3, -0.25) is 4.57 Å². The maximum absolute atomic E-state index is 11.2. The van der Waals surface area contributed by atoms with Gasteiger partial charge in [-0.15, -0.1) is 5.10 Å². The number of aromatic nitrogens is 3. The van der Waals surface area contributed by atoms with Gasteiger partial charge in [0, 0.05) is 18.8 Å². The number of H-pyrrole nitrogens is 1. The zero-order chi connectivity index (χ0) is 11.3. The molecule has 0 spiro atoms. The Bertz CT molecular complexity index is 349. The lowest BCUT2D eigenvalue weighted by Crippen LogP contribution is -2.25. The molecule has 0 saturated carbocycles. The van der Waals surface area contributed by atoms with Crippen LogP contribution in [0.3, 0.4) is 0 Å². The van der Waals surface area contributed by atoms with Gasteiger partial charge < -0.3 is 10.4 Å². The minimum atomic E-state index is -0.433. The van der Waals surface area contributed by atoms with E-state index in [0.717, 1.165) is 0 Å². The van der Waals surface area contributed by atoms with Crippen LogP contribution >= 0.6 is 11.8 Å². The summed E-state index contributed by atoms with van der Waals surface area (Å²) in [6.45, 7) is 3.00. The number of thioether (sulfide) groups is 1. The number of rotatable bonds is 6. The van der Waals surface area contributed by atoms with Crippen molar-refractivity contribution in [3.8, 4) is 0 Å². The number of hydrogen-bond donors (Lipinski definition) is 3. The average molecular weight is 232 g/mol. The van der Waals surface area contributed by atoms with E-state index in [1.54, 1.807) is 7.05 Å². The molecule has 0 saturated heterocycles. The second kappa shape index (κ2) is 5.94. The van der Waals surface area contributed by atoms with Crippen molar-refractivity contribution in [2.45, 2.75) is 24.7 Å². The zero-order valence-corrected chi connectivity index (χ0v) is 9.67. The van der Waals surface area contributed by atoms with Crippen LogP contribution in [0.5, 0.6) is 0 Å². The largest absolute Gasteiger partial charge is 0.391 e. The number of nitrogens with zero attached hydrogens (tertiary/aromatic N) is 2. The van der Waals surface area contributed by atoms with E-state index >= 15 is 0 Å². The average Bonchev–Trinajstić information content (AvgIpc) is 2.56. The van der Waals surface area contributed by atoms with Crippen LogP contribution in [-0.4, -0.2) is 45.3 Å². The number of aromatic amines is 1. The Morgan fingerprint density at radius 1 is 1.73 bits per heavy atom. The molecule has 7 heteroatoms. The van der Waals surface area contributed by atoms with Gasteiger partial charge in [0.05, 0.1) is 6.10 Å². The van der Waals surface area contributed by atoms with E-state index in [4.69, 9.17) is 0 Å². The molecule has 3 N–H and O–H groups in total. The SMILES string of the molecule is CCn1c(SCC(O)CNC)n[nH]c1=O. The highest BCUT2D eigenvalue weighted by Crippen LogP contribution is 2.13. The molecular weight excluding hydrogens is 216 g/mol. The van der Waals surface area contributed by atoms with Crippen LogP contribution in [-0.2, 0) is 6.54 Å². The van der Waals surface area contributed by atoms with Gasteiger partial charge in [0.15, 0.2) is 5.16 Å². The highest BCUT2D eigenvalue weighted by Gasteiger charge is 2.09. The molecule has 6 nitrogen and oxygen atoms in total. The van der Waals surface area contributed by atoms with Crippen LogP contribution in [0.15, 0.2) is 9.95 Å². The minimum Gasteiger partial charge on any atom is -0.391 e. The lowest BCUT2D eigenvalue weighted by molar-refractivity contribution is 0.199. The summed E-state index contributed by atoms with van der Waals surface area (Å²) >= 11 is 1.37. The first-order valence-corrected chi connectivity index (χ1v) is 5.78. The molecule has 0 bridgehead atoms. The van der Waals surface area contributed by atoms with Crippen LogP contribution in [0.4, 0.5) is 0 Å². The Balaban J connectivity index is 2.53. The molecule has 0 radical (unpaired) electrons. The van der Waals surface area contributed by atoms with Gasteiger partial charge in [0.2, 0.25) is 0 Å². The predicted octanol–water partition coefficient (Wildman–Crippen LogP) is -0.736. The van der Waals surface area contributed by atoms with Crippen molar-refractivity contribution in [3.63, 3.8) is 0 Å². The Morgan fingerprint density at radius 3 is 3.07 bits per heavy atom. The van der Waals surface area contributed by atoms with E-state index < -0.39 is 6.10 Å². The van der Waals surface area contributed by atoms with E-state index in [-0.39, 0.29) is 5.69 Å². The third-order valence-electron chi connectivity index (χ3n) is 1.88. The van der Waals surface area contributed by atoms with E-state index in [0.29, 0.717) is 24.0 Å². The van der Waals surface area contributed by atoms with Gasteiger partial charge in [-0.05, 0) is 14.0 Å². The molecular formula is C8H16N4O2S. The smallest absolute Gasteiger partial charge is 0.343 e. The fourth-order valence-electron chi connectivity index (χ4n) is 1.16. The second-order valence-electron chi connectivity index (χ2n) is 3.08.